The minimum absolute atomic E-state index is 0.0310. The Morgan fingerprint density at radius 3 is 2.45 bits per heavy atom. The topological polar surface area (TPSA) is 71.1 Å². The number of nitrogens with zero attached hydrogens (tertiary/aromatic N) is 2. The van der Waals surface area contributed by atoms with E-state index >= 15 is 0 Å². The highest BCUT2D eigenvalue weighted by Crippen LogP contribution is 2.48. The Labute approximate surface area is 224 Å². The number of methoxy groups -OCH3 is 2. The van der Waals surface area contributed by atoms with E-state index in [0.29, 0.717) is 36.6 Å². The van der Waals surface area contributed by atoms with Gasteiger partial charge in [-0.25, -0.2) is 0 Å². The van der Waals surface area contributed by atoms with E-state index in [1.807, 2.05) is 59.5 Å². The molecule has 2 amide bonds. The molecular formula is C31H35N3O4. The molecule has 2 heterocycles. The van der Waals surface area contributed by atoms with E-state index in [1.165, 1.54) is 5.69 Å². The third kappa shape index (κ3) is 4.69. The smallest absolute Gasteiger partial charge is 0.254 e. The van der Waals surface area contributed by atoms with Crippen molar-refractivity contribution < 1.29 is 19.1 Å². The van der Waals surface area contributed by atoms with Gasteiger partial charge in [-0.15, -0.1) is 0 Å². The lowest BCUT2D eigenvalue weighted by Gasteiger charge is -2.45. The van der Waals surface area contributed by atoms with Gasteiger partial charge in [0.25, 0.3) is 5.91 Å². The van der Waals surface area contributed by atoms with Crippen LogP contribution in [0.2, 0.25) is 0 Å². The Hall–Kier alpha value is -4.00. The molecule has 5 rings (SSSR count). The Morgan fingerprint density at radius 2 is 1.71 bits per heavy atom. The van der Waals surface area contributed by atoms with Crippen LogP contribution in [-0.2, 0) is 11.2 Å². The Morgan fingerprint density at radius 1 is 1.00 bits per heavy atom. The average Bonchev–Trinajstić information content (AvgIpc) is 2.96. The largest absolute Gasteiger partial charge is 0.493 e. The van der Waals surface area contributed by atoms with Crippen LogP contribution in [0.3, 0.4) is 0 Å². The summed E-state index contributed by atoms with van der Waals surface area (Å²) in [6.07, 6.45) is 1.51. The van der Waals surface area contributed by atoms with E-state index in [4.69, 9.17) is 9.47 Å². The molecule has 1 N–H and O–H groups in total. The van der Waals surface area contributed by atoms with Crippen molar-refractivity contribution >= 4 is 17.5 Å². The second-order valence-electron chi connectivity index (χ2n) is 9.72. The van der Waals surface area contributed by atoms with Crippen molar-refractivity contribution in [1.29, 1.82) is 0 Å². The van der Waals surface area contributed by atoms with Crippen molar-refractivity contribution in [3.05, 3.63) is 89.0 Å². The number of amides is 2. The van der Waals surface area contributed by atoms with Gasteiger partial charge in [0, 0.05) is 37.4 Å². The fourth-order valence-corrected chi connectivity index (χ4v) is 5.84. The molecule has 7 nitrogen and oxygen atoms in total. The maximum absolute atomic E-state index is 13.9. The molecule has 0 radical (unpaired) electrons. The molecule has 198 valence electrons. The fourth-order valence-electron chi connectivity index (χ4n) is 5.84. The van der Waals surface area contributed by atoms with Crippen molar-refractivity contribution in [3.8, 4) is 11.5 Å². The van der Waals surface area contributed by atoms with Crippen LogP contribution in [0.5, 0.6) is 11.5 Å². The number of nitrogens with one attached hydrogen (secondary N) is 1. The summed E-state index contributed by atoms with van der Waals surface area (Å²) in [7, 11) is 3.22. The van der Waals surface area contributed by atoms with Gasteiger partial charge in [0.2, 0.25) is 5.91 Å². The molecule has 2 unspecified atom stereocenters. The number of ether oxygens (including phenoxy) is 2. The lowest BCUT2D eigenvalue weighted by molar-refractivity contribution is -0.124. The zero-order chi connectivity index (χ0) is 26.6. The Balaban J connectivity index is 1.41. The first-order chi connectivity index (χ1) is 18.6. The lowest BCUT2D eigenvalue weighted by Crippen LogP contribution is -2.50. The first-order valence-corrected chi connectivity index (χ1v) is 13.3. The van der Waals surface area contributed by atoms with Gasteiger partial charge < -0.3 is 24.6 Å². The normalized spacial score (nSPS) is 17.7. The molecule has 0 fully saturated rings. The molecule has 0 aliphatic carbocycles. The molecule has 38 heavy (non-hydrogen) atoms. The van der Waals surface area contributed by atoms with Crippen LogP contribution >= 0.6 is 0 Å². The van der Waals surface area contributed by atoms with Crippen molar-refractivity contribution in [3.63, 3.8) is 0 Å². The Kier molecular flexibility index (Phi) is 7.54. The van der Waals surface area contributed by atoms with Crippen molar-refractivity contribution in [2.24, 2.45) is 0 Å². The third-order valence-corrected chi connectivity index (χ3v) is 7.71. The molecule has 2 aliphatic heterocycles. The predicted octanol–water partition coefficient (Wildman–Crippen LogP) is 4.57. The summed E-state index contributed by atoms with van der Waals surface area (Å²) in [4.78, 5) is 31.6. The molecule has 7 heteroatoms. The number of para-hydroxylation sites is 1. The highest BCUT2D eigenvalue weighted by molar-refractivity contribution is 6.01. The number of fused-ring (bicyclic) bond motifs is 4. The highest BCUT2D eigenvalue weighted by atomic mass is 16.5. The van der Waals surface area contributed by atoms with Gasteiger partial charge in [0.1, 0.15) is 0 Å². The molecule has 0 saturated heterocycles. The molecule has 2 aliphatic rings. The third-order valence-electron chi connectivity index (χ3n) is 7.71. The van der Waals surface area contributed by atoms with Crippen LogP contribution in [0.15, 0.2) is 66.7 Å². The van der Waals surface area contributed by atoms with Crippen LogP contribution < -0.4 is 19.7 Å². The molecule has 0 saturated carbocycles. The van der Waals surface area contributed by atoms with Gasteiger partial charge in [-0.1, -0.05) is 36.4 Å². The Bertz CT molecular complexity index is 1310. The van der Waals surface area contributed by atoms with Gasteiger partial charge in [0.15, 0.2) is 11.5 Å². The van der Waals surface area contributed by atoms with Crippen LogP contribution in [-0.4, -0.2) is 57.1 Å². The zero-order valence-electron chi connectivity index (χ0n) is 22.3. The van der Waals surface area contributed by atoms with E-state index in [-0.39, 0.29) is 11.8 Å². The summed E-state index contributed by atoms with van der Waals surface area (Å²) in [5.41, 5.74) is 4.58. The number of anilines is 1. The van der Waals surface area contributed by atoms with Crippen molar-refractivity contribution in [2.75, 3.05) is 45.3 Å². The van der Waals surface area contributed by atoms with Gasteiger partial charge in [0.05, 0.1) is 26.2 Å². The van der Waals surface area contributed by atoms with Gasteiger partial charge in [-0.05, 0) is 66.8 Å². The predicted molar refractivity (Wildman–Crippen MR) is 148 cm³/mol. The minimum atomic E-state index is -0.516. The van der Waals surface area contributed by atoms with E-state index in [2.05, 4.69) is 29.3 Å². The number of hydrogen-bond donors (Lipinski definition) is 1. The molecular weight excluding hydrogens is 478 g/mol. The second kappa shape index (κ2) is 11.2. The van der Waals surface area contributed by atoms with Crippen LogP contribution in [0.1, 0.15) is 52.4 Å². The summed E-state index contributed by atoms with van der Waals surface area (Å²) in [5.74, 6) is 0.639. The molecule has 3 aromatic rings. The van der Waals surface area contributed by atoms with E-state index in [9.17, 15) is 9.59 Å². The first-order valence-electron chi connectivity index (χ1n) is 13.3. The van der Waals surface area contributed by atoms with Gasteiger partial charge in [-0.2, -0.15) is 0 Å². The molecule has 0 bridgehead atoms. The zero-order valence-corrected chi connectivity index (χ0v) is 22.3. The first kappa shape index (κ1) is 25.6. The number of hydrogen-bond acceptors (Lipinski definition) is 5. The monoisotopic (exact) mass is 513 g/mol. The average molecular weight is 514 g/mol. The summed E-state index contributed by atoms with van der Waals surface area (Å²) >= 11 is 0. The van der Waals surface area contributed by atoms with Gasteiger partial charge >= 0.3 is 0 Å². The highest BCUT2D eigenvalue weighted by Gasteiger charge is 2.46. The lowest BCUT2D eigenvalue weighted by atomic mass is 9.75. The summed E-state index contributed by atoms with van der Waals surface area (Å²) in [6, 6.07) is 21.3. The fraction of sp³-hybridized carbons (Fsp3) is 0.355. The van der Waals surface area contributed by atoms with E-state index in [1.54, 1.807) is 14.2 Å². The minimum Gasteiger partial charge on any atom is -0.493 e. The maximum atomic E-state index is 13.9. The van der Waals surface area contributed by atoms with E-state index < -0.39 is 12.0 Å². The molecule has 0 spiro atoms. The quantitative estimate of drug-likeness (QED) is 0.425. The number of carbonyl (C=O) groups excluding carboxylic acids is 2. The van der Waals surface area contributed by atoms with Crippen LogP contribution in [0.25, 0.3) is 0 Å². The second-order valence-corrected chi connectivity index (χ2v) is 9.72. The molecule has 3 aromatic carbocycles. The summed E-state index contributed by atoms with van der Waals surface area (Å²) in [5, 5.41) is 3.19. The van der Waals surface area contributed by atoms with Crippen molar-refractivity contribution in [1.82, 2.24) is 10.2 Å². The number of benzene rings is 3. The maximum Gasteiger partial charge on any atom is 0.254 e. The summed E-state index contributed by atoms with van der Waals surface area (Å²) < 4.78 is 11.1. The SMILES string of the molecule is CCN(CCCNC(=O)C1c2ccccc2C(=O)N2CCc3cc(OC)c(OC)cc3C12)c1ccccc1. The molecule has 2 atom stereocenters. The molecule has 0 aromatic heterocycles. The number of carbonyl (C=O) groups is 2. The van der Waals surface area contributed by atoms with Crippen LogP contribution in [0, 0.1) is 0 Å². The van der Waals surface area contributed by atoms with Crippen LogP contribution in [0.4, 0.5) is 5.69 Å². The van der Waals surface area contributed by atoms with Gasteiger partial charge in [-0.3, -0.25) is 9.59 Å². The van der Waals surface area contributed by atoms with Crippen molar-refractivity contribution in [2.45, 2.75) is 31.7 Å². The van der Waals surface area contributed by atoms with E-state index in [0.717, 1.165) is 36.2 Å². The summed E-state index contributed by atoms with van der Waals surface area (Å²) in [6.45, 7) is 4.98. The number of rotatable bonds is 9. The standard InChI is InChI=1S/C31H35N3O4/c1-4-33(22-11-6-5-7-12-22)17-10-16-32-30(35)28-23-13-8-9-14-24(23)31(36)34-18-15-21-19-26(37-2)27(38-3)20-25(21)29(28)34/h5-9,11-14,19-20,28-29H,4,10,15-18H2,1-3H3,(H,32,35).